The maximum Gasteiger partial charge on any atom is 0.0582 e. The number of halogens is 2. The maximum atomic E-state index is 6.10. The molecule has 0 aliphatic carbocycles. The second kappa shape index (κ2) is 6.93. The molecule has 3 heteroatoms. The number of hydrogen-bond acceptors (Lipinski definition) is 1. The molecule has 1 fully saturated rings. The van der Waals surface area contributed by atoms with Crippen molar-refractivity contribution in [3.63, 3.8) is 0 Å². The fourth-order valence-corrected chi connectivity index (χ4v) is 3.08. The van der Waals surface area contributed by atoms with Gasteiger partial charge in [0, 0.05) is 10.4 Å². The molecule has 0 amide bonds. The van der Waals surface area contributed by atoms with Crippen molar-refractivity contribution in [2.45, 2.75) is 44.8 Å². The Morgan fingerprint density at radius 1 is 1.33 bits per heavy atom. The Morgan fingerprint density at radius 2 is 2.06 bits per heavy atom. The molecule has 3 atom stereocenters. The first-order chi connectivity index (χ1) is 8.67. The molecule has 0 saturated carbocycles. The summed E-state index contributed by atoms with van der Waals surface area (Å²) in [6, 6.07) is 8.52. The van der Waals surface area contributed by atoms with E-state index in [2.05, 4.69) is 47.1 Å². The van der Waals surface area contributed by atoms with E-state index >= 15 is 0 Å². The van der Waals surface area contributed by atoms with Gasteiger partial charge in [0.1, 0.15) is 0 Å². The summed E-state index contributed by atoms with van der Waals surface area (Å²) >= 11 is 9.56. The van der Waals surface area contributed by atoms with Crippen molar-refractivity contribution in [1.82, 2.24) is 0 Å². The number of benzene rings is 1. The lowest BCUT2D eigenvalue weighted by Crippen LogP contribution is -2.17. The number of alkyl halides is 1. The van der Waals surface area contributed by atoms with Gasteiger partial charge < -0.3 is 4.74 Å². The average molecular weight is 332 g/mol. The highest BCUT2D eigenvalue weighted by Gasteiger charge is 2.24. The van der Waals surface area contributed by atoms with E-state index in [1.807, 2.05) is 0 Å². The molecule has 1 saturated heterocycles. The van der Waals surface area contributed by atoms with E-state index in [9.17, 15) is 0 Å². The van der Waals surface area contributed by atoms with Crippen LogP contribution < -0.4 is 0 Å². The summed E-state index contributed by atoms with van der Waals surface area (Å²) in [4.78, 5) is 0. The van der Waals surface area contributed by atoms with E-state index in [0.29, 0.717) is 24.0 Å². The first-order valence-corrected chi connectivity index (χ1v) is 7.96. The van der Waals surface area contributed by atoms with Crippen LogP contribution in [0.1, 0.15) is 31.7 Å². The molecule has 1 aliphatic heterocycles. The minimum absolute atomic E-state index is 0.416. The summed E-state index contributed by atoms with van der Waals surface area (Å²) in [5.74, 6) is 1.23. The van der Waals surface area contributed by atoms with Crippen molar-refractivity contribution in [1.29, 1.82) is 0 Å². The standard InChI is InChI=1S/C15H20BrClO/c1-11-2-7-15(18-11)9-13(10-17)8-12-3-5-14(16)6-4-12/h3-6,11,13,15H,2,7-10H2,1H3. The maximum absolute atomic E-state index is 6.10. The Kier molecular flexibility index (Phi) is 5.53. The third-order valence-corrected chi connectivity index (χ3v) is 4.54. The molecule has 2 rings (SSSR count). The number of hydrogen-bond donors (Lipinski definition) is 0. The molecule has 1 aliphatic rings. The van der Waals surface area contributed by atoms with E-state index in [-0.39, 0.29) is 0 Å². The monoisotopic (exact) mass is 330 g/mol. The molecular weight excluding hydrogens is 312 g/mol. The first kappa shape index (κ1) is 14.4. The third-order valence-electron chi connectivity index (χ3n) is 3.57. The van der Waals surface area contributed by atoms with Crippen LogP contribution in [0.5, 0.6) is 0 Å². The number of rotatable bonds is 5. The zero-order valence-electron chi connectivity index (χ0n) is 10.7. The molecule has 3 unspecified atom stereocenters. The molecular formula is C15H20BrClO. The van der Waals surface area contributed by atoms with Gasteiger partial charge in [-0.15, -0.1) is 11.6 Å². The summed E-state index contributed by atoms with van der Waals surface area (Å²) in [7, 11) is 0. The van der Waals surface area contributed by atoms with E-state index < -0.39 is 0 Å². The first-order valence-electron chi connectivity index (χ1n) is 6.63. The molecule has 0 N–H and O–H groups in total. The molecule has 18 heavy (non-hydrogen) atoms. The molecule has 1 heterocycles. The zero-order valence-corrected chi connectivity index (χ0v) is 13.1. The van der Waals surface area contributed by atoms with E-state index in [1.54, 1.807) is 0 Å². The second-order valence-corrected chi connectivity index (χ2v) is 6.46. The van der Waals surface area contributed by atoms with Crippen LogP contribution in [0.2, 0.25) is 0 Å². The lowest BCUT2D eigenvalue weighted by atomic mass is 9.94. The highest BCUT2D eigenvalue weighted by atomic mass is 79.9. The molecule has 0 aromatic heterocycles. The quantitative estimate of drug-likeness (QED) is 0.704. The van der Waals surface area contributed by atoms with Gasteiger partial charge in [0.2, 0.25) is 0 Å². The Bertz CT molecular complexity index is 365. The lowest BCUT2D eigenvalue weighted by Gasteiger charge is -2.18. The molecule has 100 valence electrons. The molecule has 0 spiro atoms. The van der Waals surface area contributed by atoms with Gasteiger partial charge in [-0.25, -0.2) is 0 Å². The van der Waals surface area contributed by atoms with Crippen LogP contribution in [0.15, 0.2) is 28.7 Å². The summed E-state index contributed by atoms with van der Waals surface area (Å²) in [6.07, 6.45) is 5.36. The van der Waals surface area contributed by atoms with E-state index in [1.165, 1.54) is 18.4 Å². The van der Waals surface area contributed by atoms with Crippen molar-refractivity contribution in [3.8, 4) is 0 Å². The fraction of sp³-hybridized carbons (Fsp3) is 0.600. The molecule has 0 bridgehead atoms. The Hall–Kier alpha value is -0.0500. The average Bonchev–Trinajstić information content (AvgIpc) is 2.77. The van der Waals surface area contributed by atoms with Crippen LogP contribution in [0.3, 0.4) is 0 Å². The van der Waals surface area contributed by atoms with Gasteiger partial charge in [-0.05, 0) is 56.2 Å². The SMILES string of the molecule is CC1CCC(CC(CCl)Cc2ccc(Br)cc2)O1. The van der Waals surface area contributed by atoms with Crippen molar-refractivity contribution < 1.29 is 4.74 Å². The highest BCUT2D eigenvalue weighted by Crippen LogP contribution is 2.27. The molecule has 1 aromatic rings. The van der Waals surface area contributed by atoms with Crippen molar-refractivity contribution in [2.24, 2.45) is 5.92 Å². The van der Waals surface area contributed by atoms with Crippen LogP contribution in [-0.4, -0.2) is 18.1 Å². The summed E-state index contributed by atoms with van der Waals surface area (Å²) in [5.41, 5.74) is 1.36. The Labute approximate surface area is 123 Å². The minimum Gasteiger partial charge on any atom is -0.375 e. The third kappa shape index (κ3) is 4.25. The van der Waals surface area contributed by atoms with Crippen molar-refractivity contribution in [2.75, 3.05) is 5.88 Å². The summed E-state index contributed by atoms with van der Waals surface area (Å²) in [5, 5.41) is 0. The number of ether oxygens (including phenoxy) is 1. The molecule has 1 nitrogen and oxygen atoms in total. The predicted octanol–water partition coefficient (Wildman–Crippen LogP) is 4.80. The van der Waals surface area contributed by atoms with Gasteiger partial charge in [0.15, 0.2) is 0 Å². The van der Waals surface area contributed by atoms with Crippen molar-refractivity contribution >= 4 is 27.5 Å². The van der Waals surface area contributed by atoms with Gasteiger partial charge in [-0.3, -0.25) is 0 Å². The second-order valence-electron chi connectivity index (χ2n) is 5.23. The Balaban J connectivity index is 1.87. The summed E-state index contributed by atoms with van der Waals surface area (Å²) in [6.45, 7) is 2.16. The van der Waals surface area contributed by atoms with Gasteiger partial charge in [-0.1, -0.05) is 28.1 Å². The predicted molar refractivity (Wildman–Crippen MR) is 80.2 cm³/mol. The van der Waals surface area contributed by atoms with Gasteiger partial charge in [0.25, 0.3) is 0 Å². The highest BCUT2D eigenvalue weighted by molar-refractivity contribution is 9.10. The van der Waals surface area contributed by atoms with E-state index in [4.69, 9.17) is 16.3 Å². The van der Waals surface area contributed by atoms with Gasteiger partial charge in [0.05, 0.1) is 12.2 Å². The largest absolute Gasteiger partial charge is 0.375 e. The lowest BCUT2D eigenvalue weighted by molar-refractivity contribution is 0.0426. The van der Waals surface area contributed by atoms with Gasteiger partial charge in [-0.2, -0.15) is 0 Å². The normalized spacial score (nSPS) is 25.3. The smallest absolute Gasteiger partial charge is 0.0582 e. The van der Waals surface area contributed by atoms with Crippen LogP contribution >= 0.6 is 27.5 Å². The van der Waals surface area contributed by atoms with Crippen LogP contribution in [0, 0.1) is 5.92 Å². The zero-order chi connectivity index (χ0) is 13.0. The molecule has 0 radical (unpaired) electrons. The van der Waals surface area contributed by atoms with Crippen LogP contribution in [0.25, 0.3) is 0 Å². The summed E-state index contributed by atoms with van der Waals surface area (Å²) < 4.78 is 7.01. The molecule has 1 aromatic carbocycles. The Morgan fingerprint density at radius 3 is 2.61 bits per heavy atom. The fourth-order valence-electron chi connectivity index (χ4n) is 2.59. The topological polar surface area (TPSA) is 9.23 Å². The van der Waals surface area contributed by atoms with Crippen molar-refractivity contribution in [3.05, 3.63) is 34.3 Å². The van der Waals surface area contributed by atoms with Crippen LogP contribution in [-0.2, 0) is 11.2 Å². The minimum atomic E-state index is 0.416. The van der Waals surface area contributed by atoms with E-state index in [0.717, 1.165) is 17.3 Å². The van der Waals surface area contributed by atoms with Gasteiger partial charge >= 0.3 is 0 Å². The van der Waals surface area contributed by atoms with Crippen LogP contribution in [0.4, 0.5) is 0 Å².